The molecule has 0 heterocycles. The Morgan fingerprint density at radius 3 is 1.50 bits per heavy atom. The van der Waals surface area contributed by atoms with Gasteiger partial charge in [0.05, 0.1) is 12.0 Å². The molecule has 0 rings (SSSR count). The molecule has 0 saturated heterocycles. The Kier molecular flexibility index (Phi) is 3.74. The van der Waals surface area contributed by atoms with Crippen LogP contribution >= 0.6 is 0 Å². The summed E-state index contributed by atoms with van der Waals surface area (Å²) in [6, 6.07) is 0. The molecule has 2 N–H and O–H groups in total. The van der Waals surface area contributed by atoms with E-state index in [0.29, 0.717) is 11.3 Å². The van der Waals surface area contributed by atoms with E-state index in [1.54, 1.807) is 0 Å². The van der Waals surface area contributed by atoms with E-state index in [-0.39, 0.29) is 10.8 Å². The van der Waals surface area contributed by atoms with Gasteiger partial charge in [-0.2, -0.15) is 0 Å². The highest BCUT2D eigenvalue weighted by atomic mass is 16.4. The molecule has 82 valence electrons. The fourth-order valence-electron chi connectivity index (χ4n) is 1.22. The molecule has 0 aliphatic carbocycles. The van der Waals surface area contributed by atoms with E-state index in [0.717, 1.165) is 6.26 Å². The Morgan fingerprint density at radius 2 is 1.43 bits per heavy atom. The molecule has 0 aromatic carbocycles. The molecule has 3 nitrogen and oxygen atoms in total. The smallest absolute Gasteiger partial charge is 0.0916 e. The van der Waals surface area contributed by atoms with Crippen LogP contribution in [-0.2, 0) is 0 Å². The molecule has 0 aromatic heterocycles. The number of hydrogen-bond acceptors (Lipinski definition) is 3. The molecule has 0 aromatic rings. The van der Waals surface area contributed by atoms with Crippen molar-refractivity contribution in [1.29, 1.82) is 0 Å². The normalized spacial score (nSPS) is 15.9. The van der Waals surface area contributed by atoms with Crippen LogP contribution in [-0.4, -0.2) is 16.0 Å². The maximum Gasteiger partial charge on any atom is 0.0916 e. The Labute approximate surface area is 86.1 Å². The largest absolute Gasteiger partial charge is 0.515 e. The summed E-state index contributed by atoms with van der Waals surface area (Å²) < 4.78 is 0. The average Bonchev–Trinajstić information content (AvgIpc) is 1.94. The van der Waals surface area contributed by atoms with Gasteiger partial charge in [-0.1, -0.05) is 46.7 Å². The molecular formula is C11H21NO2. The van der Waals surface area contributed by atoms with Gasteiger partial charge >= 0.3 is 0 Å². The molecular weight excluding hydrogens is 178 g/mol. The second kappa shape index (κ2) is 4.03. The average molecular weight is 199 g/mol. The quantitative estimate of drug-likeness (QED) is 0.294. The fourth-order valence-corrected chi connectivity index (χ4v) is 1.22. The summed E-state index contributed by atoms with van der Waals surface area (Å²) in [7, 11) is 0. The summed E-state index contributed by atoms with van der Waals surface area (Å²) in [6.07, 6.45) is 1.03. The van der Waals surface area contributed by atoms with Crippen LogP contribution < -0.4 is 0 Å². The molecule has 0 radical (unpaired) electrons. The standard InChI is InChI=1S/C11H21NO2/c1-10(2,3)8(7-13)9(12-14)11(4,5)6/h7,13-14H,1-6H3/b8-7-,12-9+. The summed E-state index contributed by atoms with van der Waals surface area (Å²) in [5.74, 6) is 0. The van der Waals surface area contributed by atoms with E-state index in [1.807, 2.05) is 41.5 Å². The first-order valence-electron chi connectivity index (χ1n) is 4.72. The Balaban J connectivity index is 5.27. The van der Waals surface area contributed by atoms with Gasteiger partial charge in [0.15, 0.2) is 0 Å². The van der Waals surface area contributed by atoms with Gasteiger partial charge in [0.2, 0.25) is 0 Å². The number of aliphatic hydroxyl groups excluding tert-OH is 1. The van der Waals surface area contributed by atoms with E-state index in [1.165, 1.54) is 0 Å². The van der Waals surface area contributed by atoms with Crippen LogP contribution in [0.2, 0.25) is 0 Å². The molecule has 0 unspecified atom stereocenters. The second-order valence-electron chi connectivity index (χ2n) is 5.49. The molecule has 0 fully saturated rings. The first-order valence-corrected chi connectivity index (χ1v) is 4.72. The molecule has 0 spiro atoms. The van der Waals surface area contributed by atoms with E-state index in [2.05, 4.69) is 5.16 Å². The highest BCUT2D eigenvalue weighted by molar-refractivity contribution is 6.04. The van der Waals surface area contributed by atoms with Crippen molar-refractivity contribution in [2.45, 2.75) is 41.5 Å². The Bertz CT molecular complexity index is 223. The molecule has 0 aliphatic rings. The van der Waals surface area contributed by atoms with Crippen LogP contribution in [0.15, 0.2) is 17.0 Å². The van der Waals surface area contributed by atoms with Gasteiger partial charge in [0, 0.05) is 11.0 Å². The molecule has 0 aliphatic heterocycles. The van der Waals surface area contributed by atoms with Crippen LogP contribution in [0.1, 0.15) is 41.5 Å². The summed E-state index contributed by atoms with van der Waals surface area (Å²) >= 11 is 0. The SMILES string of the molecule is CC(C)(C)C(=N/O)/C(=C/O)C(C)(C)C. The highest BCUT2D eigenvalue weighted by Gasteiger charge is 2.30. The fraction of sp³-hybridized carbons (Fsp3) is 0.727. The van der Waals surface area contributed by atoms with Gasteiger partial charge in [-0.3, -0.25) is 0 Å². The van der Waals surface area contributed by atoms with E-state index < -0.39 is 0 Å². The molecule has 0 atom stereocenters. The molecule has 0 amide bonds. The Hall–Kier alpha value is -0.990. The van der Waals surface area contributed by atoms with Crippen molar-refractivity contribution in [3.63, 3.8) is 0 Å². The summed E-state index contributed by atoms with van der Waals surface area (Å²) in [6.45, 7) is 11.7. The topological polar surface area (TPSA) is 52.8 Å². The Morgan fingerprint density at radius 1 is 1.00 bits per heavy atom. The van der Waals surface area contributed by atoms with Crippen LogP contribution in [0.3, 0.4) is 0 Å². The van der Waals surface area contributed by atoms with Gasteiger partial charge in [-0.15, -0.1) is 0 Å². The van der Waals surface area contributed by atoms with Crippen LogP contribution in [0, 0.1) is 10.8 Å². The maximum atomic E-state index is 9.17. The van der Waals surface area contributed by atoms with E-state index in [9.17, 15) is 5.11 Å². The zero-order valence-corrected chi connectivity index (χ0v) is 9.92. The number of oxime groups is 1. The van der Waals surface area contributed by atoms with Gasteiger partial charge in [0.1, 0.15) is 0 Å². The van der Waals surface area contributed by atoms with Crippen molar-refractivity contribution >= 4 is 5.71 Å². The third kappa shape index (κ3) is 3.05. The maximum absolute atomic E-state index is 9.17. The lowest BCUT2D eigenvalue weighted by atomic mass is 9.75. The highest BCUT2D eigenvalue weighted by Crippen LogP contribution is 2.32. The lowest BCUT2D eigenvalue weighted by molar-refractivity contribution is 0.308. The van der Waals surface area contributed by atoms with Gasteiger partial charge < -0.3 is 10.3 Å². The number of nitrogens with zero attached hydrogens (tertiary/aromatic N) is 1. The third-order valence-electron chi connectivity index (χ3n) is 2.00. The zero-order valence-electron chi connectivity index (χ0n) is 9.92. The summed E-state index contributed by atoms with van der Waals surface area (Å²) in [5.41, 5.74) is 0.667. The van der Waals surface area contributed by atoms with Crippen LogP contribution in [0.5, 0.6) is 0 Å². The zero-order chi connectivity index (χ0) is 11.6. The third-order valence-corrected chi connectivity index (χ3v) is 2.00. The number of rotatable bonds is 1. The molecule has 0 bridgehead atoms. The van der Waals surface area contributed by atoms with Crippen molar-refractivity contribution in [1.82, 2.24) is 0 Å². The first-order chi connectivity index (χ1) is 6.14. The molecule has 14 heavy (non-hydrogen) atoms. The monoisotopic (exact) mass is 199 g/mol. The van der Waals surface area contributed by atoms with Crippen molar-refractivity contribution in [3.05, 3.63) is 11.8 Å². The lowest BCUT2D eigenvalue weighted by Gasteiger charge is -2.29. The number of allylic oxidation sites excluding steroid dienone is 1. The number of aliphatic hydroxyl groups is 1. The minimum absolute atomic E-state index is 0.233. The van der Waals surface area contributed by atoms with Crippen LogP contribution in [0.4, 0.5) is 0 Å². The predicted molar refractivity (Wildman–Crippen MR) is 58.8 cm³/mol. The van der Waals surface area contributed by atoms with E-state index >= 15 is 0 Å². The second-order valence-corrected chi connectivity index (χ2v) is 5.49. The predicted octanol–water partition coefficient (Wildman–Crippen LogP) is 3.35. The minimum Gasteiger partial charge on any atom is -0.515 e. The summed E-state index contributed by atoms with van der Waals surface area (Å²) in [5, 5.41) is 21.4. The number of hydrogen-bond donors (Lipinski definition) is 2. The lowest BCUT2D eigenvalue weighted by Crippen LogP contribution is -2.29. The minimum atomic E-state index is -0.281. The first kappa shape index (κ1) is 13.0. The van der Waals surface area contributed by atoms with Gasteiger partial charge in [-0.05, 0) is 5.41 Å². The van der Waals surface area contributed by atoms with Crippen LogP contribution in [0.25, 0.3) is 0 Å². The van der Waals surface area contributed by atoms with Crippen molar-refractivity contribution in [2.24, 2.45) is 16.0 Å². The molecule has 0 saturated carbocycles. The van der Waals surface area contributed by atoms with E-state index in [4.69, 9.17) is 5.21 Å². The summed E-state index contributed by atoms with van der Waals surface area (Å²) in [4.78, 5) is 0. The van der Waals surface area contributed by atoms with Gasteiger partial charge in [0.25, 0.3) is 0 Å². The van der Waals surface area contributed by atoms with Gasteiger partial charge in [-0.25, -0.2) is 0 Å². The van der Waals surface area contributed by atoms with Crippen molar-refractivity contribution in [3.8, 4) is 0 Å². The van der Waals surface area contributed by atoms with Crippen molar-refractivity contribution in [2.75, 3.05) is 0 Å². The van der Waals surface area contributed by atoms with Crippen molar-refractivity contribution < 1.29 is 10.3 Å². The molecule has 3 heteroatoms.